The summed E-state index contributed by atoms with van der Waals surface area (Å²) in [4.78, 5) is 54.0. The van der Waals surface area contributed by atoms with E-state index in [1.54, 1.807) is 0 Å². The van der Waals surface area contributed by atoms with Gasteiger partial charge < -0.3 is 36.0 Å². The van der Waals surface area contributed by atoms with Crippen molar-refractivity contribution in [2.45, 2.75) is 41.5 Å². The zero-order valence-corrected chi connectivity index (χ0v) is 27.6. The summed E-state index contributed by atoms with van der Waals surface area (Å²) in [6, 6.07) is 7.32. The molecule has 1 aliphatic carbocycles. The Balaban J connectivity index is 1.67. The number of nitrogens with zero attached hydrogens (tertiary/aromatic N) is 2. The number of hydrogen-bond acceptors (Lipinski definition) is 8. The van der Waals surface area contributed by atoms with Crippen LogP contribution in [0.4, 0.5) is 25.0 Å². The number of ether oxygens (including phenoxy) is 1. The molecule has 4 amide bonds. The van der Waals surface area contributed by atoms with Gasteiger partial charge in [0.15, 0.2) is 21.4 Å². The molecule has 1 saturated heterocycles. The van der Waals surface area contributed by atoms with Crippen molar-refractivity contribution in [3.8, 4) is 5.75 Å². The first-order valence-electron chi connectivity index (χ1n) is 15.2. The van der Waals surface area contributed by atoms with Crippen molar-refractivity contribution in [1.29, 1.82) is 0 Å². The molecule has 3 aromatic carbocycles. The maximum Gasteiger partial charge on any atom is 0.321 e. The third-order valence-corrected chi connectivity index (χ3v) is 10.9. The number of halogens is 2. The van der Waals surface area contributed by atoms with Gasteiger partial charge in [-0.25, -0.2) is 22.0 Å². The van der Waals surface area contributed by atoms with Gasteiger partial charge in [-0.1, -0.05) is 6.07 Å². The number of carboxylic acid groups (broad SMARTS) is 1. The topological polar surface area (TPSA) is 188 Å². The van der Waals surface area contributed by atoms with E-state index in [1.807, 2.05) is 0 Å². The van der Waals surface area contributed by atoms with Gasteiger partial charge >= 0.3 is 12.0 Å². The lowest BCUT2D eigenvalue weighted by Gasteiger charge is -2.33. The Bertz CT molecular complexity index is 1940. The molecule has 1 heterocycles. The maximum atomic E-state index is 15.1. The maximum absolute atomic E-state index is 15.1. The number of urea groups is 1. The van der Waals surface area contributed by atoms with Crippen LogP contribution >= 0.6 is 0 Å². The average Bonchev–Trinajstić information content (AvgIpc) is 3.83. The Morgan fingerprint density at radius 3 is 2.31 bits per heavy atom. The van der Waals surface area contributed by atoms with Gasteiger partial charge in [0.2, 0.25) is 11.8 Å². The lowest BCUT2D eigenvalue weighted by Crippen LogP contribution is -2.40. The predicted molar refractivity (Wildman–Crippen MR) is 174 cm³/mol. The van der Waals surface area contributed by atoms with Crippen molar-refractivity contribution in [3.05, 3.63) is 82.9 Å². The second-order valence-electron chi connectivity index (χ2n) is 12.1. The number of methoxy groups -OCH3 is 1. The summed E-state index contributed by atoms with van der Waals surface area (Å²) in [5.74, 6) is -6.13. The van der Waals surface area contributed by atoms with Gasteiger partial charge in [-0.15, -0.1) is 0 Å². The zero-order chi connectivity index (χ0) is 35.8. The van der Waals surface area contributed by atoms with E-state index in [2.05, 4.69) is 10.6 Å². The molecular formula is C33H35F2N5O8S. The Hall–Kier alpha value is -5.25. The van der Waals surface area contributed by atoms with E-state index in [1.165, 1.54) is 61.3 Å². The molecule has 260 valence electrons. The highest BCUT2D eigenvalue weighted by Crippen LogP contribution is 2.45. The van der Waals surface area contributed by atoms with E-state index < -0.39 is 68.5 Å². The summed E-state index contributed by atoms with van der Waals surface area (Å²) in [5.41, 5.74) is 5.23. The van der Waals surface area contributed by atoms with Crippen LogP contribution in [0, 0.1) is 17.6 Å². The van der Waals surface area contributed by atoms with E-state index in [0.717, 1.165) is 24.3 Å². The minimum Gasteiger partial charge on any atom is -0.494 e. The third-order valence-electron chi connectivity index (χ3n) is 8.56. The number of anilines is 2. The Morgan fingerprint density at radius 1 is 1.00 bits per heavy atom. The first-order valence-corrected chi connectivity index (χ1v) is 16.8. The van der Waals surface area contributed by atoms with Crippen LogP contribution < -0.4 is 21.1 Å². The molecule has 0 aromatic heterocycles. The molecule has 1 aliphatic heterocycles. The highest BCUT2D eigenvalue weighted by Gasteiger charge is 2.48. The average molecular weight is 700 g/mol. The van der Waals surface area contributed by atoms with E-state index >= 15 is 4.39 Å². The fraction of sp³-hybridized carbons (Fsp3) is 0.333. The molecule has 0 unspecified atom stereocenters. The van der Waals surface area contributed by atoms with Gasteiger partial charge in [-0.2, -0.15) is 0 Å². The highest BCUT2D eigenvalue weighted by molar-refractivity contribution is 7.92. The SMILES string of the molecule is COc1cc([C@@H](Nc2cc(C(N)=O)ccc2F)C(=O)N2CC[C@H](C(=O)O)[C@@H]2c2cc(NC(=O)N(C)C)ccc2S(=O)(=O)C2CC2)ccc1F. The van der Waals surface area contributed by atoms with E-state index in [9.17, 15) is 37.1 Å². The quantitative estimate of drug-likeness (QED) is 0.230. The van der Waals surface area contributed by atoms with Crippen molar-refractivity contribution in [2.75, 3.05) is 38.4 Å². The summed E-state index contributed by atoms with van der Waals surface area (Å²) in [6.07, 6.45) is 0.740. The van der Waals surface area contributed by atoms with Gasteiger partial charge in [0, 0.05) is 31.9 Å². The van der Waals surface area contributed by atoms with Gasteiger partial charge in [-0.05, 0) is 78.9 Å². The fourth-order valence-corrected chi connectivity index (χ4v) is 7.73. The van der Waals surface area contributed by atoms with Crippen molar-refractivity contribution in [2.24, 2.45) is 11.7 Å². The number of nitrogens with two attached hydrogens (primary N) is 1. The number of amides is 4. The first-order chi connectivity index (χ1) is 23.1. The number of nitrogens with one attached hydrogen (secondary N) is 2. The van der Waals surface area contributed by atoms with Crippen LogP contribution in [0.3, 0.4) is 0 Å². The standard InChI is InChI=1S/C33H35F2N5O8S/c1-39(2)33(45)37-19-6-11-27(49(46,47)20-7-8-20)22(16-19)29-21(32(43)44)12-13-40(29)31(42)28(17-4-10-24(35)26(15-17)48-3)38-25-14-18(30(36)41)5-9-23(25)34/h4-6,9-11,14-16,20-21,28-29,38H,7-8,12-13H2,1-3H3,(H2,36,41)(H,37,45)(H,43,44)/t21-,28+,29+/m0/s1. The minimum absolute atomic E-state index is 0.0148. The molecule has 3 atom stereocenters. The number of carbonyl (C=O) groups excluding carboxylic acids is 3. The van der Waals surface area contributed by atoms with Crippen LogP contribution in [0.15, 0.2) is 59.5 Å². The molecule has 2 fully saturated rings. The summed E-state index contributed by atoms with van der Waals surface area (Å²) in [5, 5.41) is 15.0. The molecule has 0 bridgehead atoms. The second-order valence-corrected chi connectivity index (χ2v) is 14.3. The Labute approximate surface area is 280 Å². The van der Waals surface area contributed by atoms with Crippen molar-refractivity contribution >= 4 is 45.0 Å². The molecule has 3 aromatic rings. The van der Waals surface area contributed by atoms with Crippen LogP contribution in [0.2, 0.25) is 0 Å². The number of primary amides is 1. The number of rotatable bonds is 11. The predicted octanol–water partition coefficient (Wildman–Crippen LogP) is 3.93. The van der Waals surface area contributed by atoms with Gasteiger partial charge in [0.25, 0.3) is 0 Å². The molecule has 2 aliphatic rings. The van der Waals surface area contributed by atoms with Crippen LogP contribution in [0.5, 0.6) is 5.75 Å². The fourth-order valence-electron chi connectivity index (χ4n) is 5.85. The van der Waals surface area contributed by atoms with E-state index in [4.69, 9.17) is 10.5 Å². The number of aliphatic carboxylic acids is 1. The van der Waals surface area contributed by atoms with Crippen LogP contribution in [0.1, 0.15) is 52.8 Å². The number of hydrogen-bond donors (Lipinski definition) is 4. The molecule has 1 saturated carbocycles. The van der Waals surface area contributed by atoms with E-state index in [0.29, 0.717) is 12.8 Å². The first kappa shape index (κ1) is 35.1. The van der Waals surface area contributed by atoms with Gasteiger partial charge in [-0.3, -0.25) is 14.4 Å². The number of carbonyl (C=O) groups is 4. The van der Waals surface area contributed by atoms with Crippen molar-refractivity contribution in [3.63, 3.8) is 0 Å². The lowest BCUT2D eigenvalue weighted by molar-refractivity contribution is -0.143. The molecule has 0 spiro atoms. The molecule has 5 N–H and O–H groups in total. The second kappa shape index (κ2) is 13.7. The van der Waals surface area contributed by atoms with Gasteiger partial charge in [0.1, 0.15) is 11.9 Å². The number of benzene rings is 3. The summed E-state index contributed by atoms with van der Waals surface area (Å²) in [6.45, 7) is -0.155. The zero-order valence-electron chi connectivity index (χ0n) is 26.8. The molecule has 16 heteroatoms. The van der Waals surface area contributed by atoms with Crippen LogP contribution in [0.25, 0.3) is 0 Å². The molecular weight excluding hydrogens is 664 g/mol. The lowest BCUT2D eigenvalue weighted by atomic mass is 9.92. The summed E-state index contributed by atoms with van der Waals surface area (Å²) < 4.78 is 62.1. The van der Waals surface area contributed by atoms with Crippen molar-refractivity contribution in [1.82, 2.24) is 9.80 Å². The molecule has 0 radical (unpaired) electrons. The van der Waals surface area contributed by atoms with Gasteiger partial charge in [0.05, 0.1) is 34.9 Å². The highest BCUT2D eigenvalue weighted by atomic mass is 32.2. The monoisotopic (exact) mass is 699 g/mol. The smallest absolute Gasteiger partial charge is 0.321 e. The number of likely N-dealkylation sites (tertiary alicyclic amines) is 1. The molecule has 5 rings (SSSR count). The normalized spacial score (nSPS) is 18.0. The van der Waals surface area contributed by atoms with Crippen LogP contribution in [-0.2, 0) is 19.4 Å². The summed E-state index contributed by atoms with van der Waals surface area (Å²) in [7, 11) is 0.240. The largest absolute Gasteiger partial charge is 0.494 e. The molecule has 13 nitrogen and oxygen atoms in total. The van der Waals surface area contributed by atoms with E-state index in [-0.39, 0.29) is 51.7 Å². The number of sulfone groups is 1. The van der Waals surface area contributed by atoms with Crippen molar-refractivity contribution < 1.29 is 46.2 Å². The minimum atomic E-state index is -3.97. The number of carboxylic acids is 1. The third kappa shape index (κ3) is 7.13. The Morgan fingerprint density at radius 2 is 1.69 bits per heavy atom. The Kier molecular flexibility index (Phi) is 9.80. The summed E-state index contributed by atoms with van der Waals surface area (Å²) >= 11 is 0. The van der Waals surface area contributed by atoms with Crippen LogP contribution in [-0.4, -0.2) is 80.1 Å². The molecule has 49 heavy (non-hydrogen) atoms.